The first-order chi connectivity index (χ1) is 10.8. The second kappa shape index (κ2) is 6.48. The van der Waals surface area contributed by atoms with E-state index in [2.05, 4.69) is 20.8 Å². The van der Waals surface area contributed by atoms with Gasteiger partial charge in [0.15, 0.2) is 0 Å². The molecular weight excluding hydrogens is 298 g/mol. The van der Waals surface area contributed by atoms with E-state index in [9.17, 15) is 4.79 Å². The number of carbonyl (C=O) groups excluding carboxylic acids is 1. The molecular formula is C15H15N5OS. The third-order valence-corrected chi connectivity index (χ3v) is 4.09. The first kappa shape index (κ1) is 14.4. The van der Waals surface area contributed by atoms with Crippen LogP contribution in [0.2, 0.25) is 0 Å². The molecule has 6 nitrogen and oxygen atoms in total. The van der Waals surface area contributed by atoms with Crippen LogP contribution in [0.15, 0.2) is 46.9 Å². The lowest BCUT2D eigenvalue weighted by Crippen LogP contribution is -2.25. The molecule has 0 aliphatic heterocycles. The van der Waals surface area contributed by atoms with E-state index in [0.29, 0.717) is 0 Å². The number of nitrogens with zero attached hydrogens (tertiary/aromatic N) is 4. The Bertz CT molecular complexity index is 806. The average Bonchev–Trinajstić information content (AvgIpc) is 3.19. The molecule has 2 heterocycles. The molecule has 2 aromatic heterocycles. The van der Waals surface area contributed by atoms with Crippen molar-refractivity contribution < 1.29 is 4.79 Å². The van der Waals surface area contributed by atoms with E-state index in [-0.39, 0.29) is 12.5 Å². The number of carbonyl (C=O) groups is 1. The average molecular weight is 313 g/mol. The number of hydrogen-bond donors (Lipinski definition) is 1. The van der Waals surface area contributed by atoms with Crippen molar-refractivity contribution in [3.05, 3.63) is 46.7 Å². The first-order valence-corrected chi connectivity index (χ1v) is 7.83. The topological polar surface area (TPSA) is 72.2 Å². The number of hydrazone groups is 1. The summed E-state index contributed by atoms with van der Waals surface area (Å²) in [5.74, 6) is -0.224. The first-order valence-electron chi connectivity index (χ1n) is 6.95. The molecule has 0 atom stereocenters. The monoisotopic (exact) mass is 313 g/mol. The molecule has 0 radical (unpaired) electrons. The normalized spacial score (nSPS) is 11.8. The summed E-state index contributed by atoms with van der Waals surface area (Å²) in [5, 5.41) is 14.2. The standard InChI is InChI=1S/C15H15N5OS/c1-2-11(14-8-5-9-22-14)16-18-15(21)10-20-13-7-4-3-6-12(13)17-19-20/h3-9H,2,10H2,1H3,(H,18,21)/b16-11-. The molecule has 1 amide bonds. The summed E-state index contributed by atoms with van der Waals surface area (Å²) in [5.41, 5.74) is 5.06. The summed E-state index contributed by atoms with van der Waals surface area (Å²) in [6.45, 7) is 2.10. The Morgan fingerprint density at radius 1 is 1.32 bits per heavy atom. The lowest BCUT2D eigenvalue weighted by molar-refractivity contribution is -0.121. The van der Waals surface area contributed by atoms with Crippen molar-refractivity contribution >= 4 is 34.0 Å². The van der Waals surface area contributed by atoms with Gasteiger partial charge in [-0.05, 0) is 30.0 Å². The van der Waals surface area contributed by atoms with Crippen LogP contribution in [0.4, 0.5) is 0 Å². The molecule has 0 saturated carbocycles. The van der Waals surface area contributed by atoms with Crippen molar-refractivity contribution in [2.24, 2.45) is 5.10 Å². The van der Waals surface area contributed by atoms with E-state index in [0.717, 1.165) is 28.0 Å². The molecule has 0 aliphatic rings. The summed E-state index contributed by atoms with van der Waals surface area (Å²) in [6, 6.07) is 11.5. The Kier molecular flexibility index (Phi) is 4.24. The van der Waals surface area contributed by atoms with E-state index < -0.39 is 0 Å². The smallest absolute Gasteiger partial charge is 0.261 e. The second-order valence-electron chi connectivity index (χ2n) is 4.66. The minimum Gasteiger partial charge on any atom is -0.271 e. The Labute approximate surface area is 131 Å². The number of rotatable bonds is 5. The fourth-order valence-corrected chi connectivity index (χ4v) is 2.87. The Balaban J connectivity index is 1.70. The summed E-state index contributed by atoms with van der Waals surface area (Å²) < 4.78 is 1.57. The maximum Gasteiger partial charge on any atom is 0.261 e. The van der Waals surface area contributed by atoms with Gasteiger partial charge < -0.3 is 0 Å². The van der Waals surface area contributed by atoms with Crippen LogP contribution in [0.5, 0.6) is 0 Å². The molecule has 1 aromatic carbocycles. The number of fused-ring (bicyclic) bond motifs is 1. The highest BCUT2D eigenvalue weighted by atomic mass is 32.1. The SMILES string of the molecule is CC/C(=N/NC(=O)Cn1nnc2ccccc21)c1cccs1. The summed E-state index contributed by atoms with van der Waals surface area (Å²) in [4.78, 5) is 13.1. The minimum atomic E-state index is -0.224. The van der Waals surface area contributed by atoms with E-state index in [1.807, 2.05) is 48.7 Å². The zero-order valence-corrected chi connectivity index (χ0v) is 12.9. The molecule has 22 heavy (non-hydrogen) atoms. The largest absolute Gasteiger partial charge is 0.271 e. The van der Waals surface area contributed by atoms with Crippen LogP contribution in [0.3, 0.4) is 0 Å². The van der Waals surface area contributed by atoms with E-state index in [1.165, 1.54) is 0 Å². The third kappa shape index (κ3) is 3.04. The van der Waals surface area contributed by atoms with Crippen LogP contribution in [-0.2, 0) is 11.3 Å². The predicted molar refractivity (Wildman–Crippen MR) is 86.8 cm³/mol. The van der Waals surface area contributed by atoms with Gasteiger partial charge in [0.05, 0.1) is 16.1 Å². The maximum absolute atomic E-state index is 12.0. The maximum atomic E-state index is 12.0. The van der Waals surface area contributed by atoms with Gasteiger partial charge in [-0.15, -0.1) is 16.4 Å². The number of thiophene rings is 1. The van der Waals surface area contributed by atoms with Gasteiger partial charge >= 0.3 is 0 Å². The molecule has 0 aliphatic carbocycles. The van der Waals surface area contributed by atoms with Gasteiger partial charge in [-0.3, -0.25) is 4.79 Å². The van der Waals surface area contributed by atoms with Crippen molar-refractivity contribution in [1.82, 2.24) is 20.4 Å². The summed E-state index contributed by atoms with van der Waals surface area (Å²) in [6.07, 6.45) is 0.757. The Morgan fingerprint density at radius 2 is 2.18 bits per heavy atom. The quantitative estimate of drug-likeness (QED) is 0.581. The summed E-state index contributed by atoms with van der Waals surface area (Å²) >= 11 is 1.60. The Morgan fingerprint density at radius 3 is 2.95 bits per heavy atom. The molecule has 3 rings (SSSR count). The fourth-order valence-electron chi connectivity index (χ4n) is 2.09. The molecule has 0 fully saturated rings. The highest BCUT2D eigenvalue weighted by Gasteiger charge is 2.09. The van der Waals surface area contributed by atoms with Crippen molar-refractivity contribution in [1.29, 1.82) is 0 Å². The van der Waals surface area contributed by atoms with Crippen LogP contribution < -0.4 is 5.43 Å². The van der Waals surface area contributed by atoms with Gasteiger partial charge in [0.1, 0.15) is 12.1 Å². The molecule has 0 unspecified atom stereocenters. The van der Waals surface area contributed by atoms with Crippen LogP contribution in [-0.4, -0.2) is 26.6 Å². The number of hydrogen-bond acceptors (Lipinski definition) is 5. The van der Waals surface area contributed by atoms with E-state index in [1.54, 1.807) is 16.0 Å². The van der Waals surface area contributed by atoms with Crippen molar-refractivity contribution in [3.63, 3.8) is 0 Å². The fraction of sp³-hybridized carbons (Fsp3) is 0.200. The van der Waals surface area contributed by atoms with Crippen molar-refractivity contribution in [2.75, 3.05) is 0 Å². The van der Waals surface area contributed by atoms with Crippen LogP contribution >= 0.6 is 11.3 Å². The van der Waals surface area contributed by atoms with Gasteiger partial charge in [-0.1, -0.05) is 30.3 Å². The summed E-state index contributed by atoms with van der Waals surface area (Å²) in [7, 11) is 0. The molecule has 0 spiro atoms. The van der Waals surface area contributed by atoms with Gasteiger partial charge in [-0.25, -0.2) is 10.1 Å². The third-order valence-electron chi connectivity index (χ3n) is 3.17. The zero-order valence-electron chi connectivity index (χ0n) is 12.1. The number of benzene rings is 1. The van der Waals surface area contributed by atoms with Crippen molar-refractivity contribution in [2.45, 2.75) is 19.9 Å². The van der Waals surface area contributed by atoms with Crippen molar-refractivity contribution in [3.8, 4) is 0 Å². The van der Waals surface area contributed by atoms with Gasteiger partial charge in [0.25, 0.3) is 5.91 Å². The van der Waals surface area contributed by atoms with E-state index in [4.69, 9.17) is 0 Å². The molecule has 0 saturated heterocycles. The molecule has 0 bridgehead atoms. The molecule has 1 N–H and O–H groups in total. The van der Waals surface area contributed by atoms with E-state index >= 15 is 0 Å². The van der Waals surface area contributed by atoms with Gasteiger partial charge in [-0.2, -0.15) is 5.10 Å². The minimum absolute atomic E-state index is 0.0887. The lowest BCUT2D eigenvalue weighted by Gasteiger charge is -2.04. The zero-order chi connectivity index (χ0) is 15.4. The Hall–Kier alpha value is -2.54. The van der Waals surface area contributed by atoms with Gasteiger partial charge in [0.2, 0.25) is 0 Å². The van der Waals surface area contributed by atoms with Crippen LogP contribution in [0, 0.1) is 0 Å². The molecule has 3 aromatic rings. The highest BCUT2D eigenvalue weighted by Crippen LogP contribution is 2.12. The number of amides is 1. The number of para-hydroxylation sites is 1. The predicted octanol–water partition coefficient (Wildman–Crippen LogP) is 2.42. The van der Waals surface area contributed by atoms with Crippen LogP contribution in [0.25, 0.3) is 11.0 Å². The molecule has 7 heteroatoms. The lowest BCUT2D eigenvalue weighted by atomic mass is 10.2. The second-order valence-corrected chi connectivity index (χ2v) is 5.61. The highest BCUT2D eigenvalue weighted by molar-refractivity contribution is 7.12. The molecule has 112 valence electrons. The van der Waals surface area contributed by atoms with Crippen LogP contribution in [0.1, 0.15) is 18.2 Å². The number of aromatic nitrogens is 3. The number of nitrogens with one attached hydrogen (secondary N) is 1. The van der Waals surface area contributed by atoms with Gasteiger partial charge in [0, 0.05) is 0 Å².